The highest BCUT2D eigenvalue weighted by atomic mass is 32.2. The Balaban J connectivity index is 2.02. The zero-order valence-electron chi connectivity index (χ0n) is 45.9. The lowest BCUT2D eigenvalue weighted by Crippen LogP contribution is -2.62. The van der Waals surface area contributed by atoms with Gasteiger partial charge in [-0.05, 0) is 81.0 Å². The molecule has 0 spiro atoms. The number of carbonyl (C=O) groups is 9. The molecular weight excluding hydrogens is 1030 g/mol. The molecule has 23 nitrogen and oxygen atoms in total. The van der Waals surface area contributed by atoms with Crippen molar-refractivity contribution >= 4 is 65.1 Å². The van der Waals surface area contributed by atoms with Crippen molar-refractivity contribution in [2.45, 2.75) is 154 Å². The van der Waals surface area contributed by atoms with Crippen LogP contribution in [0.1, 0.15) is 86.6 Å². The van der Waals surface area contributed by atoms with Gasteiger partial charge < -0.3 is 72.1 Å². The fourth-order valence-electron chi connectivity index (χ4n) is 8.61. The van der Waals surface area contributed by atoms with E-state index in [1.807, 2.05) is 0 Å². The number of thioether (sulfide) groups is 1. The summed E-state index contributed by atoms with van der Waals surface area (Å²) in [5, 5.41) is 49.3. The normalized spacial score (nSPS) is 28.7. The van der Waals surface area contributed by atoms with Gasteiger partial charge in [-0.25, -0.2) is 4.79 Å². The smallest absolute Gasteiger partial charge is 0.332 e. The number of likely N-dealkylation sites (N-methyl/N-ethyl adjacent to an activating group) is 1. The zero-order chi connectivity index (χ0) is 58.0. The second-order valence-corrected chi connectivity index (χ2v) is 21.6. The van der Waals surface area contributed by atoms with E-state index in [1.54, 1.807) is 77.1 Å². The lowest BCUT2D eigenvalue weighted by atomic mass is 9.92. The van der Waals surface area contributed by atoms with Crippen molar-refractivity contribution in [3.05, 3.63) is 71.5 Å². The summed E-state index contributed by atoms with van der Waals surface area (Å²) in [7, 11) is 1.33. The third-order valence-corrected chi connectivity index (χ3v) is 15.3. The first-order chi connectivity index (χ1) is 36.8. The number of ether oxygens (including phenoxy) is 3. The molecule has 4 aliphatic rings. The predicted octanol–water partition coefficient (Wildman–Crippen LogP) is -0.443. The lowest BCUT2D eigenvalue weighted by molar-refractivity contribution is -0.160. The minimum absolute atomic E-state index is 0.0557. The summed E-state index contributed by atoms with van der Waals surface area (Å²) in [6.45, 7) is 10.8. The molecule has 1 saturated heterocycles. The third kappa shape index (κ3) is 18.1. The van der Waals surface area contributed by atoms with Crippen molar-refractivity contribution in [3.8, 4) is 0 Å². The van der Waals surface area contributed by atoms with Crippen LogP contribution in [-0.2, 0) is 63.8 Å². The Morgan fingerprint density at radius 2 is 1.55 bits per heavy atom. The number of rotatable bonds is 14. The molecule has 0 aromatic heterocycles. The number of esters is 2. The third-order valence-electron chi connectivity index (χ3n) is 14.1. The van der Waals surface area contributed by atoms with E-state index < -0.39 is 150 Å². The first kappa shape index (κ1) is 64.2. The standard InChI is InChI=1S/C54H80N8O15S/c1-10-30(4)42-49(69)61-45-36-17-19-37(20-18-36)77-34(8)54(74,28-78-24-14-23-55)22-21-40(64)56-26-41(65)75-27-38(53(73)76-33(7)44(51(71)58-42)60-47(67)31(5)46(66)29(2)3)57-50(70)43(32(6)63)59-48(68)39(62(9)52(45)72)25-35-15-12-11-13-16-35/h11-13,15-17,19,21-22,29-34,38-39,42-46,63,66,74H,10,14,18,20,23-28,55H2,1-9H3,(H,56,64)(H,57,70)(H,58,71)(H,59,68)(H,60,67)(H,61,69)/b22-21+/t30-,31+,32+,33+,34+,38-,39-,42+,43+,44-,45-,46+,54-/m0/s1. The molecule has 0 radical (unpaired) electrons. The highest BCUT2D eigenvalue weighted by Gasteiger charge is 2.43. The Morgan fingerprint density at radius 1 is 0.885 bits per heavy atom. The van der Waals surface area contributed by atoms with Crippen molar-refractivity contribution < 1.29 is 72.7 Å². The van der Waals surface area contributed by atoms with E-state index in [4.69, 9.17) is 19.9 Å². The average molecular weight is 1110 g/mol. The number of hydrogen-bond acceptors (Lipinski definition) is 17. The molecule has 13 atom stereocenters. The summed E-state index contributed by atoms with van der Waals surface area (Å²) >= 11 is 1.36. The summed E-state index contributed by atoms with van der Waals surface area (Å²) in [5.41, 5.74) is 4.84. The van der Waals surface area contributed by atoms with Crippen molar-refractivity contribution in [3.63, 3.8) is 0 Å². The number of nitrogens with zero attached hydrogens (tertiary/aromatic N) is 1. The van der Waals surface area contributed by atoms with Crippen LogP contribution >= 0.6 is 11.8 Å². The Morgan fingerprint density at radius 3 is 2.17 bits per heavy atom. The van der Waals surface area contributed by atoms with Crippen molar-refractivity contribution in [1.82, 2.24) is 36.8 Å². The van der Waals surface area contributed by atoms with Gasteiger partial charge in [0.25, 0.3) is 0 Å². The van der Waals surface area contributed by atoms with E-state index in [0.29, 0.717) is 42.0 Å². The summed E-state index contributed by atoms with van der Waals surface area (Å²) in [4.78, 5) is 130. The van der Waals surface area contributed by atoms with Gasteiger partial charge in [0.15, 0.2) is 6.04 Å². The first-order valence-electron chi connectivity index (χ1n) is 26.4. The zero-order valence-corrected chi connectivity index (χ0v) is 46.8. The maximum absolute atomic E-state index is 15.3. The predicted molar refractivity (Wildman–Crippen MR) is 288 cm³/mol. The van der Waals surface area contributed by atoms with E-state index in [1.165, 1.54) is 45.7 Å². The van der Waals surface area contributed by atoms with Crippen LogP contribution in [0, 0.1) is 17.8 Å². The van der Waals surface area contributed by atoms with Crippen LogP contribution in [-0.4, -0.2) is 178 Å². The van der Waals surface area contributed by atoms with Crippen LogP contribution in [0.4, 0.5) is 0 Å². The van der Waals surface area contributed by atoms with Crippen LogP contribution < -0.4 is 37.6 Å². The van der Waals surface area contributed by atoms with Gasteiger partial charge in [0, 0.05) is 31.7 Å². The molecule has 11 N–H and O–H groups in total. The highest BCUT2D eigenvalue weighted by Crippen LogP contribution is 2.30. The van der Waals surface area contributed by atoms with E-state index in [0.717, 1.165) is 11.0 Å². The monoisotopic (exact) mass is 1110 g/mol. The van der Waals surface area contributed by atoms with Gasteiger partial charge in [-0.15, -0.1) is 0 Å². The van der Waals surface area contributed by atoms with Crippen molar-refractivity contribution in [1.29, 1.82) is 0 Å². The van der Waals surface area contributed by atoms with Gasteiger partial charge in [0.1, 0.15) is 61.2 Å². The minimum Gasteiger partial charge on any atom is -0.492 e. The van der Waals surface area contributed by atoms with Gasteiger partial charge in [-0.2, -0.15) is 11.8 Å². The molecule has 24 heteroatoms. The summed E-state index contributed by atoms with van der Waals surface area (Å²) < 4.78 is 17.5. The largest absolute Gasteiger partial charge is 0.492 e. The molecule has 0 saturated carbocycles. The summed E-state index contributed by atoms with van der Waals surface area (Å²) in [5.74, 6) is -10.2. The maximum Gasteiger partial charge on any atom is 0.332 e. The topological polar surface area (TPSA) is 343 Å². The van der Waals surface area contributed by atoms with Crippen LogP contribution in [0.3, 0.4) is 0 Å². The SMILES string of the molecule is CC[C@H](C)[C@H]1NC(=O)[C@@H](NC(=O)[C@H](C)[C@H](O)C(C)C)[C@@H](C)OC(=O)[C@@H]2COC(=O)CNC(=O)/C=C/[C@](O)(CSCCCN)[C@@H](C)OC3=CC=C(CC3)[C@H](NC1=O)C(=O)N(C)[C@@H](Cc1ccccc1)C(=O)N[C@H]([C@@H](C)O)C(=O)N2. The van der Waals surface area contributed by atoms with Gasteiger partial charge in [0.2, 0.25) is 41.4 Å². The number of nitrogens with two attached hydrogens (primary N) is 1. The van der Waals surface area contributed by atoms with Crippen LogP contribution in [0.15, 0.2) is 66.0 Å². The number of cyclic esters (lactones) is 1. The Bertz CT molecular complexity index is 2390. The van der Waals surface area contributed by atoms with Gasteiger partial charge in [-0.3, -0.25) is 38.4 Å². The molecule has 3 heterocycles. The van der Waals surface area contributed by atoms with E-state index in [2.05, 4.69) is 31.9 Å². The summed E-state index contributed by atoms with van der Waals surface area (Å²) in [6, 6.07) is -1.44. The molecule has 3 aliphatic heterocycles. The number of hydrogen-bond donors (Lipinski definition) is 10. The number of carbonyl (C=O) groups excluding carboxylic acids is 9. The molecule has 432 valence electrons. The second-order valence-electron chi connectivity index (χ2n) is 20.5. The van der Waals surface area contributed by atoms with Crippen molar-refractivity contribution in [2.75, 3.05) is 38.2 Å². The molecule has 4 bridgehead atoms. The first-order valence-corrected chi connectivity index (χ1v) is 27.6. The quantitative estimate of drug-likeness (QED) is 0.0834. The van der Waals surface area contributed by atoms with E-state index in [-0.39, 0.29) is 25.0 Å². The minimum atomic E-state index is -1.97. The van der Waals surface area contributed by atoms with E-state index >= 15 is 4.79 Å². The molecule has 1 aromatic rings. The highest BCUT2D eigenvalue weighted by molar-refractivity contribution is 7.99. The van der Waals surface area contributed by atoms with Gasteiger partial charge in [-0.1, -0.05) is 77.4 Å². The fourth-order valence-corrected chi connectivity index (χ4v) is 9.78. The Hall–Kier alpha value is -6.34. The van der Waals surface area contributed by atoms with Crippen molar-refractivity contribution in [2.24, 2.45) is 23.5 Å². The van der Waals surface area contributed by atoms with Crippen LogP contribution in [0.2, 0.25) is 0 Å². The average Bonchev–Trinajstić information content (AvgIpc) is 3.42. The molecule has 0 unspecified atom stereocenters. The Kier molecular flexibility index (Phi) is 24.8. The van der Waals surface area contributed by atoms with Crippen LogP contribution in [0.5, 0.6) is 0 Å². The Labute approximate surface area is 460 Å². The molecule has 1 fully saturated rings. The molecule has 78 heavy (non-hydrogen) atoms. The summed E-state index contributed by atoms with van der Waals surface area (Å²) in [6.07, 6.45) is 0.833. The molecule has 7 amide bonds. The number of aliphatic hydroxyl groups excluding tert-OH is 2. The fraction of sp³-hybridized carbons (Fsp3) is 0.611. The lowest BCUT2D eigenvalue weighted by Gasteiger charge is -2.35. The van der Waals surface area contributed by atoms with Gasteiger partial charge in [0.05, 0.1) is 23.9 Å². The number of benzene rings is 1. The maximum atomic E-state index is 15.3. The number of nitrogens with one attached hydrogen (secondary N) is 6. The number of allylic oxidation sites excluding steroid dienone is 3. The van der Waals surface area contributed by atoms with Crippen LogP contribution in [0.25, 0.3) is 0 Å². The molecule has 1 aromatic carbocycles. The number of amides is 7. The van der Waals surface area contributed by atoms with Gasteiger partial charge >= 0.3 is 11.9 Å². The van der Waals surface area contributed by atoms with E-state index in [9.17, 15) is 53.7 Å². The molecular formula is C54H80N8O15S. The number of fused-ring (bicyclic) bond motifs is 11. The molecule has 5 rings (SSSR count). The molecule has 1 aliphatic carbocycles. The second kappa shape index (κ2) is 30.1. The number of aliphatic hydroxyl groups is 3.